The van der Waals surface area contributed by atoms with Crippen molar-refractivity contribution < 1.29 is 4.42 Å². The number of pyridine rings is 1. The van der Waals surface area contributed by atoms with E-state index < -0.39 is 0 Å². The van der Waals surface area contributed by atoms with E-state index in [1.807, 2.05) is 36.5 Å². The third-order valence-corrected chi connectivity index (χ3v) is 6.66. The van der Waals surface area contributed by atoms with Gasteiger partial charge < -0.3 is 9.73 Å². The van der Waals surface area contributed by atoms with Crippen molar-refractivity contribution in [2.24, 2.45) is 0 Å². The molecule has 4 aromatic carbocycles. The first kappa shape index (κ1) is 18.2. The number of nitrogens with one attached hydrogen (secondary N) is 1. The van der Waals surface area contributed by atoms with Crippen LogP contribution in [-0.2, 0) is 0 Å². The van der Waals surface area contributed by atoms with Crippen molar-refractivity contribution in [3.8, 4) is 33.5 Å². The molecule has 2 aromatic heterocycles. The second-order valence-corrected chi connectivity index (χ2v) is 8.54. The third kappa shape index (κ3) is 2.66. The molecule has 6 aromatic rings. The monoisotopic (exact) mass is 424 g/mol. The molecule has 0 aliphatic carbocycles. The van der Waals surface area contributed by atoms with E-state index in [1.165, 1.54) is 16.7 Å². The molecule has 0 fully saturated rings. The zero-order valence-electron chi connectivity index (χ0n) is 18.1. The molecule has 0 saturated heterocycles. The van der Waals surface area contributed by atoms with Crippen LogP contribution in [0.1, 0.15) is 5.56 Å². The highest BCUT2D eigenvalue weighted by Crippen LogP contribution is 2.48. The van der Waals surface area contributed by atoms with E-state index >= 15 is 0 Å². The lowest BCUT2D eigenvalue weighted by atomic mass is 9.86. The number of hydrogen-bond acceptors (Lipinski definition) is 3. The molecule has 1 N–H and O–H groups in total. The maximum atomic E-state index is 6.49. The second-order valence-electron chi connectivity index (χ2n) is 8.54. The fourth-order valence-corrected chi connectivity index (χ4v) is 5.08. The molecular weight excluding hydrogens is 404 g/mol. The number of rotatable bonds is 1. The van der Waals surface area contributed by atoms with E-state index in [9.17, 15) is 0 Å². The lowest BCUT2D eigenvalue weighted by Crippen LogP contribution is -2.02. The lowest BCUT2D eigenvalue weighted by molar-refractivity contribution is 0.669. The van der Waals surface area contributed by atoms with E-state index in [0.717, 1.165) is 55.7 Å². The number of nitrogens with zero attached hydrogens (tertiary/aromatic N) is 1. The number of para-hydroxylation sites is 2. The third-order valence-electron chi connectivity index (χ3n) is 6.66. The van der Waals surface area contributed by atoms with Crippen molar-refractivity contribution in [3.63, 3.8) is 0 Å². The van der Waals surface area contributed by atoms with Crippen molar-refractivity contribution in [1.82, 2.24) is 4.98 Å². The Labute approximate surface area is 191 Å². The first-order valence-corrected chi connectivity index (χ1v) is 11.1. The van der Waals surface area contributed by atoms with Gasteiger partial charge in [0.1, 0.15) is 11.2 Å². The van der Waals surface area contributed by atoms with Crippen molar-refractivity contribution >= 4 is 33.3 Å². The van der Waals surface area contributed by atoms with Crippen LogP contribution in [0.2, 0.25) is 0 Å². The normalized spacial score (nSPS) is 12.0. The van der Waals surface area contributed by atoms with Gasteiger partial charge in [-0.15, -0.1) is 0 Å². The quantitative estimate of drug-likeness (QED) is 0.288. The summed E-state index contributed by atoms with van der Waals surface area (Å²) in [4.78, 5) is 4.58. The molecule has 2 bridgehead atoms. The summed E-state index contributed by atoms with van der Waals surface area (Å²) in [7, 11) is 0. The van der Waals surface area contributed by atoms with Gasteiger partial charge in [0.25, 0.3) is 0 Å². The highest BCUT2D eigenvalue weighted by molar-refractivity contribution is 6.14. The first-order chi connectivity index (χ1) is 16.3. The number of benzene rings is 4. The predicted octanol–water partition coefficient (Wildman–Crippen LogP) is 8.35. The Kier molecular flexibility index (Phi) is 3.76. The van der Waals surface area contributed by atoms with Gasteiger partial charge in [0.15, 0.2) is 0 Å². The summed E-state index contributed by atoms with van der Waals surface area (Å²) in [5.41, 5.74) is 11.9. The number of hydrogen-bond donors (Lipinski definition) is 1. The molecule has 3 heteroatoms. The molecule has 0 saturated carbocycles. The summed E-state index contributed by atoms with van der Waals surface area (Å²) in [5.74, 6) is 0. The van der Waals surface area contributed by atoms with Crippen LogP contribution in [0.15, 0.2) is 102 Å². The topological polar surface area (TPSA) is 38.1 Å². The van der Waals surface area contributed by atoms with Gasteiger partial charge in [-0.3, -0.25) is 4.98 Å². The van der Waals surface area contributed by atoms with Gasteiger partial charge in [-0.25, -0.2) is 0 Å². The summed E-state index contributed by atoms with van der Waals surface area (Å²) in [6, 6.07) is 31.6. The van der Waals surface area contributed by atoms with Crippen molar-refractivity contribution in [2.45, 2.75) is 6.92 Å². The first-order valence-electron chi connectivity index (χ1n) is 11.1. The second kappa shape index (κ2) is 6.81. The summed E-state index contributed by atoms with van der Waals surface area (Å²) >= 11 is 0. The van der Waals surface area contributed by atoms with Crippen LogP contribution in [0, 0.1) is 6.92 Å². The van der Waals surface area contributed by atoms with Gasteiger partial charge in [-0.05, 0) is 60.5 Å². The van der Waals surface area contributed by atoms with Crippen LogP contribution in [-0.4, -0.2) is 4.98 Å². The average Bonchev–Trinajstić information content (AvgIpc) is 3.23. The van der Waals surface area contributed by atoms with Crippen LogP contribution < -0.4 is 5.32 Å². The molecule has 156 valence electrons. The highest BCUT2D eigenvalue weighted by atomic mass is 16.3. The highest BCUT2D eigenvalue weighted by Gasteiger charge is 2.24. The Morgan fingerprint density at radius 1 is 0.697 bits per heavy atom. The Morgan fingerprint density at radius 2 is 1.52 bits per heavy atom. The number of aromatic nitrogens is 1. The van der Waals surface area contributed by atoms with Gasteiger partial charge in [0, 0.05) is 50.6 Å². The van der Waals surface area contributed by atoms with Crippen LogP contribution in [0.3, 0.4) is 0 Å². The number of anilines is 2. The standard InChI is InChI=1S/C30H20N2O/c1-18-22-17-23-21-9-3-5-12-28(21)33-30(23)29(18)24-16-19(25-10-6-7-15-31-25)13-14-27(24)32-26-11-4-2-8-20(22)26/h2-17,32H,1H3. The minimum atomic E-state index is 0.910. The molecule has 1 aliphatic heterocycles. The molecule has 33 heavy (non-hydrogen) atoms. The predicted molar refractivity (Wildman–Crippen MR) is 136 cm³/mol. The number of fused-ring (bicyclic) bond motifs is 10. The molecule has 3 heterocycles. The molecule has 0 radical (unpaired) electrons. The zero-order chi connectivity index (χ0) is 21.9. The maximum absolute atomic E-state index is 6.49. The van der Waals surface area contributed by atoms with Gasteiger partial charge in [-0.1, -0.05) is 48.5 Å². The molecular formula is C30H20N2O. The summed E-state index contributed by atoms with van der Waals surface area (Å²) in [5, 5.41) is 5.99. The van der Waals surface area contributed by atoms with E-state index in [2.05, 4.69) is 77.9 Å². The van der Waals surface area contributed by atoms with Crippen LogP contribution in [0.4, 0.5) is 11.4 Å². The van der Waals surface area contributed by atoms with Crippen molar-refractivity contribution in [2.75, 3.05) is 5.32 Å². The smallest absolute Gasteiger partial charge is 0.143 e. The summed E-state index contributed by atoms with van der Waals surface area (Å²) < 4.78 is 6.49. The lowest BCUT2D eigenvalue weighted by Gasteiger charge is -2.23. The van der Waals surface area contributed by atoms with Gasteiger partial charge in [0.2, 0.25) is 0 Å². The van der Waals surface area contributed by atoms with E-state index in [-0.39, 0.29) is 0 Å². The fraction of sp³-hybridized carbons (Fsp3) is 0.0333. The molecule has 0 atom stereocenters. The van der Waals surface area contributed by atoms with Crippen molar-refractivity contribution in [1.29, 1.82) is 0 Å². The van der Waals surface area contributed by atoms with E-state index in [1.54, 1.807) is 0 Å². The molecule has 0 spiro atoms. The SMILES string of the molecule is Cc1c2cc3c(oc4ccccc43)c1-c1cc(-c3ccccn3)ccc1Nc1ccccc1-2. The fourth-order valence-electron chi connectivity index (χ4n) is 5.08. The van der Waals surface area contributed by atoms with Gasteiger partial charge in [0.05, 0.1) is 5.69 Å². The van der Waals surface area contributed by atoms with Gasteiger partial charge >= 0.3 is 0 Å². The average molecular weight is 425 g/mol. The summed E-state index contributed by atoms with van der Waals surface area (Å²) in [6.07, 6.45) is 1.84. The Bertz CT molecular complexity index is 1700. The molecule has 1 aliphatic rings. The van der Waals surface area contributed by atoms with Crippen LogP contribution in [0.5, 0.6) is 0 Å². The van der Waals surface area contributed by atoms with E-state index in [0.29, 0.717) is 0 Å². The van der Waals surface area contributed by atoms with Crippen LogP contribution in [0.25, 0.3) is 55.4 Å². The molecule has 3 nitrogen and oxygen atoms in total. The van der Waals surface area contributed by atoms with Gasteiger partial charge in [-0.2, -0.15) is 0 Å². The molecule has 7 rings (SSSR count). The van der Waals surface area contributed by atoms with Crippen LogP contribution >= 0.6 is 0 Å². The van der Waals surface area contributed by atoms with E-state index in [4.69, 9.17) is 4.42 Å². The molecule has 0 amide bonds. The van der Waals surface area contributed by atoms with Crippen molar-refractivity contribution in [3.05, 3.63) is 103 Å². The minimum absolute atomic E-state index is 0.910. The summed E-state index contributed by atoms with van der Waals surface area (Å²) in [6.45, 7) is 2.20. The maximum Gasteiger partial charge on any atom is 0.143 e. The Balaban J connectivity index is 1.65. The zero-order valence-corrected chi connectivity index (χ0v) is 18.1. The number of furan rings is 1. The largest absolute Gasteiger partial charge is 0.455 e. The minimum Gasteiger partial charge on any atom is -0.455 e. The molecule has 0 unspecified atom stereocenters. The Morgan fingerprint density at radius 3 is 2.42 bits per heavy atom. The Hall–Kier alpha value is -4.37.